The Kier molecular flexibility index (Phi) is 2.87. The van der Waals surface area contributed by atoms with Crippen molar-refractivity contribution in [1.82, 2.24) is 3.26 Å². The van der Waals surface area contributed by atoms with E-state index in [-0.39, 0.29) is 5.91 Å². The predicted molar refractivity (Wildman–Crippen MR) is 42.7 cm³/mol. The molecule has 12 heavy (non-hydrogen) atoms. The molecule has 0 bridgehead atoms. The van der Waals surface area contributed by atoms with Crippen molar-refractivity contribution in [2.24, 2.45) is 0 Å². The van der Waals surface area contributed by atoms with E-state index in [1.807, 2.05) is 0 Å². The summed E-state index contributed by atoms with van der Waals surface area (Å²) in [6, 6.07) is 4.78. The SMILES string of the molecule is Nc1cc(N)cc(C(=O)N[At])c1. The summed E-state index contributed by atoms with van der Waals surface area (Å²) in [5.74, 6) is -0.161. The van der Waals surface area contributed by atoms with Gasteiger partial charge in [-0.05, 0) is 0 Å². The molecule has 5 N–H and O–H groups in total. The summed E-state index contributed by atoms with van der Waals surface area (Å²) in [5.41, 5.74) is 12.5. The number of carbonyl (C=O) groups is 1. The Labute approximate surface area is 85.6 Å². The number of benzene rings is 1. The van der Waals surface area contributed by atoms with Crippen LogP contribution >= 0.6 is 0 Å². The summed E-state index contributed by atoms with van der Waals surface area (Å²) in [5, 5.41) is 0. The van der Waals surface area contributed by atoms with Gasteiger partial charge in [-0.25, -0.2) is 0 Å². The summed E-state index contributed by atoms with van der Waals surface area (Å²) in [7, 11) is 0. The van der Waals surface area contributed by atoms with Gasteiger partial charge in [-0.3, -0.25) is 0 Å². The van der Waals surface area contributed by atoms with Gasteiger partial charge in [0.1, 0.15) is 0 Å². The Bertz CT molecular complexity index is 293. The molecule has 0 fully saturated rings. The van der Waals surface area contributed by atoms with Crippen LogP contribution in [0.4, 0.5) is 11.4 Å². The first-order valence-corrected chi connectivity index (χ1v) is 4.67. The van der Waals surface area contributed by atoms with Crippen molar-refractivity contribution in [3.05, 3.63) is 23.8 Å². The first-order valence-electron chi connectivity index (χ1n) is 3.20. The Hall–Kier alpha value is -0.827. The molecule has 0 saturated carbocycles. The Morgan fingerprint density at radius 1 is 1.25 bits per heavy atom. The second-order valence-electron chi connectivity index (χ2n) is 2.31. The van der Waals surface area contributed by atoms with Crippen molar-refractivity contribution < 1.29 is 29.8 Å². The van der Waals surface area contributed by atoms with Crippen LogP contribution in [0, 0.1) is 25.0 Å². The molecule has 0 unspecified atom stereocenters. The summed E-state index contributed by atoms with van der Waals surface area (Å²) in [6.45, 7) is 0. The Morgan fingerprint density at radius 2 is 1.75 bits per heavy atom. The van der Waals surface area contributed by atoms with Crippen LogP contribution in [0.3, 0.4) is 0 Å². The normalized spacial score (nSPS) is 9.42. The number of rotatable bonds is 1. The molecule has 4 nitrogen and oxygen atoms in total. The van der Waals surface area contributed by atoms with Gasteiger partial charge in [-0.2, -0.15) is 0 Å². The van der Waals surface area contributed by atoms with Gasteiger partial charge in [0.25, 0.3) is 0 Å². The number of amides is 1. The summed E-state index contributed by atoms with van der Waals surface area (Å²) in [4.78, 5) is 11.1. The van der Waals surface area contributed by atoms with E-state index in [1.165, 1.54) is 25.0 Å². The van der Waals surface area contributed by atoms with Crippen LogP contribution in [-0.2, 0) is 0 Å². The van der Waals surface area contributed by atoms with Crippen molar-refractivity contribution in [3.63, 3.8) is 0 Å². The third kappa shape index (κ3) is 2.08. The van der Waals surface area contributed by atoms with Crippen LogP contribution < -0.4 is 14.7 Å². The minimum atomic E-state index is -0.161. The van der Waals surface area contributed by atoms with Crippen molar-refractivity contribution in [1.29, 1.82) is 0 Å². The average Bonchev–Trinajstić information content (AvgIpc) is 2.01. The fourth-order valence-electron chi connectivity index (χ4n) is 0.862. The Morgan fingerprint density at radius 3 is 2.17 bits per heavy atom. The topological polar surface area (TPSA) is 81.1 Å². The van der Waals surface area contributed by atoms with E-state index in [0.29, 0.717) is 16.9 Å². The zero-order valence-corrected chi connectivity index (χ0v) is 9.11. The minimum absolute atomic E-state index is 0.161. The maximum atomic E-state index is 11.1. The van der Waals surface area contributed by atoms with Gasteiger partial charge < -0.3 is 0 Å². The first kappa shape index (κ1) is 9.26. The van der Waals surface area contributed by atoms with Gasteiger partial charge >= 0.3 is 85.6 Å². The molecule has 1 rings (SSSR count). The van der Waals surface area contributed by atoms with Crippen molar-refractivity contribution >= 4 is 17.3 Å². The van der Waals surface area contributed by atoms with E-state index in [0.717, 1.165) is 0 Å². The summed E-state index contributed by atoms with van der Waals surface area (Å²) < 4.78 is 2.54. The predicted octanol–water partition coefficient (Wildman–Crippen LogP) is 0.0451. The van der Waals surface area contributed by atoms with Crippen LogP contribution in [0.25, 0.3) is 0 Å². The third-order valence-corrected chi connectivity index (χ3v) is 1.99. The average molecular weight is 360 g/mol. The number of hydrogen-bond donors (Lipinski definition) is 3. The molecule has 0 aliphatic rings. The first-order chi connectivity index (χ1) is 5.63. The van der Waals surface area contributed by atoms with E-state index >= 15 is 0 Å². The van der Waals surface area contributed by atoms with Gasteiger partial charge in [0, 0.05) is 0 Å². The van der Waals surface area contributed by atoms with Crippen LogP contribution in [0.2, 0.25) is 0 Å². The summed E-state index contributed by atoms with van der Waals surface area (Å²) in [6.07, 6.45) is 0. The number of carbonyl (C=O) groups excluding carboxylic acids is 1. The second-order valence-corrected chi connectivity index (χ2v) is 3.05. The molecule has 1 amide bonds. The molecule has 64 valence electrons. The molecule has 0 spiro atoms. The van der Waals surface area contributed by atoms with Gasteiger partial charge in [0.2, 0.25) is 0 Å². The monoisotopic (exact) mass is 360 g/mol. The number of nitrogens with two attached hydrogens (primary N) is 2. The molecule has 0 aromatic heterocycles. The number of nitrogens with one attached hydrogen (secondary N) is 1. The molecule has 0 heterocycles. The zero-order valence-electron chi connectivity index (χ0n) is 6.17. The van der Waals surface area contributed by atoms with Crippen LogP contribution in [-0.4, -0.2) is 5.91 Å². The van der Waals surface area contributed by atoms with Crippen LogP contribution in [0.5, 0.6) is 0 Å². The van der Waals surface area contributed by atoms with E-state index < -0.39 is 0 Å². The van der Waals surface area contributed by atoms with E-state index in [2.05, 4.69) is 3.26 Å². The van der Waals surface area contributed by atoms with Crippen molar-refractivity contribution in [3.8, 4) is 0 Å². The zero-order chi connectivity index (χ0) is 9.14. The molecule has 5 heteroatoms. The molecule has 1 aromatic carbocycles. The maximum absolute atomic E-state index is 11.1. The molecule has 0 radical (unpaired) electrons. The molecule has 1 aromatic rings. The van der Waals surface area contributed by atoms with Crippen molar-refractivity contribution in [2.75, 3.05) is 11.5 Å². The molecular weight excluding hydrogens is 352 g/mol. The van der Waals surface area contributed by atoms with Crippen molar-refractivity contribution in [2.45, 2.75) is 0 Å². The third-order valence-electron chi connectivity index (χ3n) is 1.33. The van der Waals surface area contributed by atoms with Gasteiger partial charge in [-0.15, -0.1) is 0 Å². The molecular formula is C7H8AtN3O. The molecule has 0 aliphatic carbocycles. The summed E-state index contributed by atoms with van der Waals surface area (Å²) >= 11 is 1.18. The Balaban J connectivity index is 3.08. The fourth-order valence-corrected chi connectivity index (χ4v) is 1.29. The van der Waals surface area contributed by atoms with E-state index in [4.69, 9.17) is 11.5 Å². The van der Waals surface area contributed by atoms with E-state index in [1.54, 1.807) is 18.2 Å². The van der Waals surface area contributed by atoms with E-state index in [9.17, 15) is 4.79 Å². The number of hydrogen-bond acceptors (Lipinski definition) is 3. The van der Waals surface area contributed by atoms with Crippen LogP contribution in [0.15, 0.2) is 18.2 Å². The van der Waals surface area contributed by atoms with Gasteiger partial charge in [0.15, 0.2) is 0 Å². The fraction of sp³-hybridized carbons (Fsp3) is 0. The molecule has 0 saturated heterocycles. The van der Waals surface area contributed by atoms with Gasteiger partial charge in [0.05, 0.1) is 0 Å². The standard InChI is InChI=1S/C7H8AtN3O/c8-11-7(12)4-1-5(9)3-6(10)2-4/h1-3H,9-10H2,(H,11,12). The quantitative estimate of drug-likeness (QED) is 0.619. The van der Waals surface area contributed by atoms with Crippen LogP contribution in [0.1, 0.15) is 10.4 Å². The molecule has 0 aliphatic heterocycles. The number of nitrogen functional groups attached to an aromatic ring is 2. The number of anilines is 2. The second kappa shape index (κ2) is 3.72. The van der Waals surface area contributed by atoms with Gasteiger partial charge in [-0.1, -0.05) is 0 Å². The molecule has 0 atom stereocenters.